The van der Waals surface area contributed by atoms with E-state index in [4.69, 9.17) is 0 Å². The fraction of sp³-hybridized carbons (Fsp3) is 0.480. The molecule has 0 radical (unpaired) electrons. The first kappa shape index (κ1) is 21.4. The largest absolute Gasteiger partial charge is 0.417 e. The normalized spacial score (nSPS) is 28.2. The van der Waals surface area contributed by atoms with Gasteiger partial charge in [0.25, 0.3) is 0 Å². The Morgan fingerprint density at radius 2 is 1.91 bits per heavy atom. The van der Waals surface area contributed by atoms with E-state index < -0.39 is 11.8 Å². The molecule has 32 heavy (non-hydrogen) atoms. The highest BCUT2D eigenvalue weighted by Gasteiger charge is 2.60. The summed E-state index contributed by atoms with van der Waals surface area (Å²) < 4.78 is 56.0. The van der Waals surface area contributed by atoms with E-state index in [-0.39, 0.29) is 30.0 Å². The molecule has 1 heterocycles. The number of hydrogen-bond acceptors (Lipinski definition) is 2. The SMILES string of the molecule is CC[C@@]12CC[C@@](O)(C(F)(F)F)C[C@H]1CCCc1cc3c(cnn3-c3ccc(F)cc3)cc12. The van der Waals surface area contributed by atoms with Crippen molar-refractivity contribution in [3.05, 3.63) is 59.5 Å². The highest BCUT2D eigenvalue weighted by molar-refractivity contribution is 5.82. The first-order valence-corrected chi connectivity index (χ1v) is 11.2. The molecule has 2 aliphatic rings. The molecule has 1 aromatic heterocycles. The Kier molecular flexibility index (Phi) is 4.89. The summed E-state index contributed by atoms with van der Waals surface area (Å²) in [6, 6.07) is 10.3. The second kappa shape index (κ2) is 7.30. The summed E-state index contributed by atoms with van der Waals surface area (Å²) in [5, 5.41) is 15.9. The Hall–Kier alpha value is -2.41. The van der Waals surface area contributed by atoms with Crippen LogP contribution in [-0.4, -0.2) is 26.7 Å². The van der Waals surface area contributed by atoms with Crippen molar-refractivity contribution in [1.82, 2.24) is 9.78 Å². The standard InChI is InChI=1S/C25H26F4N2O/c1-2-23-10-11-24(32,25(27,28)29)14-18(23)5-3-4-16-13-22-17(12-21(16)23)15-30-31(22)20-8-6-19(26)7-9-20/h6-9,12-13,15,18,32H,2-5,10-11,14H2,1H3/t18-,23-,24+/m1/s1. The lowest BCUT2D eigenvalue weighted by Gasteiger charge is -2.50. The fourth-order valence-electron chi connectivity index (χ4n) is 6.10. The number of alkyl halides is 3. The zero-order chi connectivity index (χ0) is 22.7. The number of aryl methyl sites for hydroxylation is 1. The van der Waals surface area contributed by atoms with Crippen molar-refractivity contribution >= 4 is 10.9 Å². The molecule has 0 spiro atoms. The third-order valence-corrected chi connectivity index (χ3v) is 7.91. The first-order valence-electron chi connectivity index (χ1n) is 11.2. The number of fused-ring (bicyclic) bond motifs is 4. The van der Waals surface area contributed by atoms with Crippen LogP contribution in [0.2, 0.25) is 0 Å². The van der Waals surface area contributed by atoms with Gasteiger partial charge in [0.15, 0.2) is 5.60 Å². The van der Waals surface area contributed by atoms with Gasteiger partial charge in [-0.2, -0.15) is 18.3 Å². The van der Waals surface area contributed by atoms with Crippen LogP contribution in [0.1, 0.15) is 56.6 Å². The lowest BCUT2D eigenvalue weighted by atomic mass is 9.56. The Bertz CT molecular complexity index is 1150. The van der Waals surface area contributed by atoms with E-state index in [9.17, 15) is 22.7 Å². The lowest BCUT2D eigenvalue weighted by molar-refractivity contribution is -0.279. The van der Waals surface area contributed by atoms with Crippen LogP contribution in [0, 0.1) is 11.7 Å². The molecular formula is C25H26F4N2O. The third-order valence-electron chi connectivity index (χ3n) is 7.91. The van der Waals surface area contributed by atoms with Gasteiger partial charge in [-0.05, 0) is 104 Å². The molecular weight excluding hydrogens is 420 g/mol. The van der Waals surface area contributed by atoms with Crippen molar-refractivity contribution in [1.29, 1.82) is 0 Å². The summed E-state index contributed by atoms with van der Waals surface area (Å²) in [5.41, 5.74) is 0.933. The monoisotopic (exact) mass is 446 g/mol. The highest BCUT2D eigenvalue weighted by atomic mass is 19.4. The average molecular weight is 446 g/mol. The van der Waals surface area contributed by atoms with Crippen LogP contribution in [0.15, 0.2) is 42.6 Å². The van der Waals surface area contributed by atoms with Crippen LogP contribution in [-0.2, 0) is 11.8 Å². The average Bonchev–Trinajstić information content (AvgIpc) is 3.09. The predicted octanol–water partition coefficient (Wildman–Crippen LogP) is 6.24. The molecule has 0 saturated heterocycles. The summed E-state index contributed by atoms with van der Waals surface area (Å²) in [7, 11) is 0. The number of benzene rings is 2. The number of aliphatic hydroxyl groups is 1. The van der Waals surface area contributed by atoms with Gasteiger partial charge in [-0.1, -0.05) is 6.92 Å². The van der Waals surface area contributed by atoms with Gasteiger partial charge in [-0.15, -0.1) is 0 Å². The van der Waals surface area contributed by atoms with Crippen LogP contribution in [0.25, 0.3) is 16.6 Å². The molecule has 1 fully saturated rings. The van der Waals surface area contributed by atoms with Crippen molar-refractivity contribution in [3.63, 3.8) is 0 Å². The molecule has 3 aromatic rings. The lowest BCUT2D eigenvalue weighted by Crippen LogP contribution is -2.54. The van der Waals surface area contributed by atoms with Crippen molar-refractivity contribution in [2.75, 3.05) is 0 Å². The van der Waals surface area contributed by atoms with Gasteiger partial charge in [0, 0.05) is 5.39 Å². The molecule has 5 rings (SSSR count). The van der Waals surface area contributed by atoms with Crippen molar-refractivity contribution in [2.45, 2.75) is 69.1 Å². The van der Waals surface area contributed by atoms with Crippen molar-refractivity contribution < 1.29 is 22.7 Å². The van der Waals surface area contributed by atoms with Gasteiger partial charge < -0.3 is 5.11 Å². The Labute approximate surface area is 184 Å². The Morgan fingerprint density at radius 1 is 1.16 bits per heavy atom. The summed E-state index contributed by atoms with van der Waals surface area (Å²) in [5.74, 6) is -0.537. The smallest absolute Gasteiger partial charge is 0.380 e. The number of rotatable bonds is 2. The predicted molar refractivity (Wildman–Crippen MR) is 114 cm³/mol. The molecule has 3 atom stereocenters. The second-order valence-corrected chi connectivity index (χ2v) is 9.43. The number of hydrogen-bond donors (Lipinski definition) is 1. The van der Waals surface area contributed by atoms with Crippen LogP contribution in [0.3, 0.4) is 0 Å². The molecule has 7 heteroatoms. The molecule has 0 amide bonds. The highest BCUT2D eigenvalue weighted by Crippen LogP contribution is 2.57. The quantitative estimate of drug-likeness (QED) is 0.473. The van der Waals surface area contributed by atoms with Gasteiger partial charge in [-0.25, -0.2) is 9.07 Å². The van der Waals surface area contributed by atoms with E-state index in [1.807, 2.05) is 6.92 Å². The zero-order valence-corrected chi connectivity index (χ0v) is 17.9. The molecule has 3 nitrogen and oxygen atoms in total. The zero-order valence-electron chi connectivity index (χ0n) is 17.9. The van der Waals surface area contributed by atoms with Gasteiger partial charge in [0.2, 0.25) is 0 Å². The summed E-state index contributed by atoms with van der Waals surface area (Å²) in [4.78, 5) is 0. The molecule has 0 aliphatic heterocycles. The summed E-state index contributed by atoms with van der Waals surface area (Å²) in [6.07, 6.45) is -0.0817. The molecule has 0 bridgehead atoms. The van der Waals surface area contributed by atoms with Gasteiger partial charge in [0.1, 0.15) is 5.82 Å². The third kappa shape index (κ3) is 3.16. The Balaban J connectivity index is 1.61. The van der Waals surface area contributed by atoms with Gasteiger partial charge >= 0.3 is 6.18 Å². The van der Waals surface area contributed by atoms with E-state index >= 15 is 0 Å². The maximum Gasteiger partial charge on any atom is 0.417 e. The van der Waals surface area contributed by atoms with E-state index in [1.54, 1.807) is 23.0 Å². The Morgan fingerprint density at radius 3 is 2.59 bits per heavy atom. The molecule has 0 unspecified atom stereocenters. The van der Waals surface area contributed by atoms with E-state index in [2.05, 4.69) is 17.2 Å². The molecule has 2 aliphatic carbocycles. The molecule has 2 aromatic carbocycles. The fourth-order valence-corrected chi connectivity index (χ4v) is 6.10. The molecule has 170 valence electrons. The maximum absolute atomic E-state index is 13.6. The van der Waals surface area contributed by atoms with Crippen LogP contribution >= 0.6 is 0 Å². The number of nitrogens with zero attached hydrogens (tertiary/aromatic N) is 2. The van der Waals surface area contributed by atoms with Crippen LogP contribution in [0.5, 0.6) is 0 Å². The maximum atomic E-state index is 13.6. The summed E-state index contributed by atoms with van der Waals surface area (Å²) >= 11 is 0. The van der Waals surface area contributed by atoms with Crippen molar-refractivity contribution in [3.8, 4) is 5.69 Å². The minimum atomic E-state index is -4.61. The van der Waals surface area contributed by atoms with E-state index in [1.165, 1.54) is 12.1 Å². The van der Waals surface area contributed by atoms with Crippen molar-refractivity contribution in [2.24, 2.45) is 5.92 Å². The van der Waals surface area contributed by atoms with Crippen LogP contribution < -0.4 is 0 Å². The van der Waals surface area contributed by atoms with E-state index in [0.29, 0.717) is 12.8 Å². The second-order valence-electron chi connectivity index (χ2n) is 9.43. The van der Waals surface area contributed by atoms with Gasteiger partial charge in [0.05, 0.1) is 17.4 Å². The topological polar surface area (TPSA) is 38.1 Å². The molecule has 1 N–H and O–H groups in total. The number of halogens is 4. The molecule has 1 saturated carbocycles. The number of aromatic nitrogens is 2. The summed E-state index contributed by atoms with van der Waals surface area (Å²) in [6.45, 7) is 2.05. The minimum Gasteiger partial charge on any atom is -0.380 e. The van der Waals surface area contributed by atoms with Gasteiger partial charge in [-0.3, -0.25) is 0 Å². The minimum absolute atomic E-state index is 0.223. The van der Waals surface area contributed by atoms with E-state index in [0.717, 1.165) is 47.0 Å². The first-order chi connectivity index (χ1) is 15.2. The van der Waals surface area contributed by atoms with Crippen LogP contribution in [0.4, 0.5) is 17.6 Å².